The Morgan fingerprint density at radius 1 is 1.14 bits per heavy atom. The molecule has 3 unspecified atom stereocenters. The number of imide groups is 1. The highest BCUT2D eigenvalue weighted by molar-refractivity contribution is 6.00. The second-order valence-corrected chi connectivity index (χ2v) is 8.11. The number of likely N-dealkylation sites (tertiary alicyclic amines) is 1. The molecule has 3 atom stereocenters. The molecular formula is C16H25NO4. The Bertz CT molecular complexity index is 514. The minimum absolute atomic E-state index is 0.170. The molecule has 1 N–H and O–H groups in total. The van der Waals surface area contributed by atoms with Crippen LogP contribution in [0, 0.1) is 16.2 Å². The van der Waals surface area contributed by atoms with Crippen molar-refractivity contribution >= 4 is 17.8 Å². The van der Waals surface area contributed by atoms with Crippen LogP contribution in [0.4, 0.5) is 0 Å². The van der Waals surface area contributed by atoms with Crippen LogP contribution in [0.2, 0.25) is 0 Å². The standard InChI is InChI=1S/C16H25NO4/c1-10(2)17-11(18)6-14(3)7-15(4,12(17)19)9-16(5,8-14)13(20)21/h10H,6-9H2,1-5H3,(H,20,21). The Balaban J connectivity index is 2.54. The number of aliphatic carboxylic acids is 1. The van der Waals surface area contributed by atoms with E-state index < -0.39 is 22.2 Å². The molecule has 5 nitrogen and oxygen atoms in total. The summed E-state index contributed by atoms with van der Waals surface area (Å²) in [6.07, 6.45) is 1.56. The second kappa shape index (κ2) is 4.55. The molecular weight excluding hydrogens is 270 g/mol. The van der Waals surface area contributed by atoms with Crippen molar-refractivity contribution in [2.24, 2.45) is 16.2 Å². The molecule has 2 bridgehead atoms. The van der Waals surface area contributed by atoms with E-state index in [2.05, 4.69) is 0 Å². The van der Waals surface area contributed by atoms with E-state index in [4.69, 9.17) is 0 Å². The Kier molecular flexibility index (Phi) is 3.47. The number of carboxylic acid groups (broad SMARTS) is 1. The van der Waals surface area contributed by atoms with E-state index in [1.807, 2.05) is 27.7 Å². The molecule has 21 heavy (non-hydrogen) atoms. The van der Waals surface area contributed by atoms with Crippen molar-refractivity contribution in [3.63, 3.8) is 0 Å². The van der Waals surface area contributed by atoms with Gasteiger partial charge < -0.3 is 5.11 Å². The molecule has 118 valence electrons. The number of fused-ring (bicyclic) bond motifs is 2. The molecule has 1 saturated heterocycles. The molecule has 2 amide bonds. The smallest absolute Gasteiger partial charge is 0.309 e. The first kappa shape index (κ1) is 16.0. The molecule has 1 heterocycles. The van der Waals surface area contributed by atoms with Crippen molar-refractivity contribution in [2.45, 2.75) is 66.3 Å². The van der Waals surface area contributed by atoms with Gasteiger partial charge in [-0.05, 0) is 45.4 Å². The van der Waals surface area contributed by atoms with Gasteiger partial charge in [-0.1, -0.05) is 13.8 Å². The van der Waals surface area contributed by atoms with Crippen molar-refractivity contribution < 1.29 is 19.5 Å². The Morgan fingerprint density at radius 3 is 2.19 bits per heavy atom. The topological polar surface area (TPSA) is 74.7 Å². The highest BCUT2D eigenvalue weighted by Gasteiger charge is 2.59. The summed E-state index contributed by atoms with van der Waals surface area (Å²) in [7, 11) is 0. The maximum absolute atomic E-state index is 12.9. The maximum Gasteiger partial charge on any atom is 0.309 e. The number of amides is 2. The lowest BCUT2D eigenvalue weighted by Crippen LogP contribution is -2.51. The summed E-state index contributed by atoms with van der Waals surface area (Å²) in [5, 5.41) is 9.59. The first-order valence-electron chi connectivity index (χ1n) is 7.52. The summed E-state index contributed by atoms with van der Waals surface area (Å²) in [5.41, 5.74) is -2.17. The van der Waals surface area contributed by atoms with E-state index in [1.165, 1.54) is 4.90 Å². The average molecular weight is 295 g/mol. The summed E-state index contributed by atoms with van der Waals surface area (Å²) >= 11 is 0. The summed E-state index contributed by atoms with van der Waals surface area (Å²) in [6, 6.07) is -0.194. The van der Waals surface area contributed by atoms with Crippen molar-refractivity contribution in [2.75, 3.05) is 0 Å². The fourth-order valence-electron chi connectivity index (χ4n) is 4.74. The Morgan fingerprint density at radius 2 is 1.71 bits per heavy atom. The lowest BCUT2D eigenvalue weighted by atomic mass is 9.54. The van der Waals surface area contributed by atoms with E-state index in [1.54, 1.807) is 6.92 Å². The number of rotatable bonds is 2. The van der Waals surface area contributed by atoms with Gasteiger partial charge in [0.15, 0.2) is 0 Å². The van der Waals surface area contributed by atoms with Crippen LogP contribution < -0.4 is 0 Å². The van der Waals surface area contributed by atoms with E-state index in [-0.39, 0.29) is 24.3 Å². The van der Waals surface area contributed by atoms with Crippen molar-refractivity contribution in [1.82, 2.24) is 4.90 Å². The van der Waals surface area contributed by atoms with Crippen LogP contribution in [0.1, 0.15) is 60.3 Å². The third-order valence-corrected chi connectivity index (χ3v) is 5.03. The molecule has 2 fully saturated rings. The lowest BCUT2D eigenvalue weighted by molar-refractivity contribution is -0.161. The largest absolute Gasteiger partial charge is 0.481 e. The quantitative estimate of drug-likeness (QED) is 0.794. The molecule has 1 saturated carbocycles. The fourth-order valence-corrected chi connectivity index (χ4v) is 4.74. The predicted octanol–water partition coefficient (Wildman–Crippen LogP) is 2.44. The van der Waals surface area contributed by atoms with E-state index in [0.717, 1.165) is 0 Å². The maximum atomic E-state index is 12.9. The van der Waals surface area contributed by atoms with Crippen LogP contribution in [0.15, 0.2) is 0 Å². The third kappa shape index (κ3) is 2.47. The first-order valence-corrected chi connectivity index (χ1v) is 7.52. The molecule has 0 radical (unpaired) electrons. The predicted molar refractivity (Wildman–Crippen MR) is 77.4 cm³/mol. The molecule has 0 aromatic carbocycles. The summed E-state index contributed by atoms with van der Waals surface area (Å²) in [4.78, 5) is 38.4. The number of hydrogen-bond acceptors (Lipinski definition) is 3. The van der Waals surface area contributed by atoms with Gasteiger partial charge >= 0.3 is 5.97 Å². The summed E-state index contributed by atoms with van der Waals surface area (Å²) in [5.74, 6) is -1.26. The number of hydrogen-bond donors (Lipinski definition) is 1. The van der Waals surface area contributed by atoms with Crippen LogP contribution >= 0.6 is 0 Å². The average Bonchev–Trinajstić information content (AvgIpc) is 2.29. The second-order valence-electron chi connectivity index (χ2n) is 8.11. The van der Waals surface area contributed by atoms with Gasteiger partial charge in [0.25, 0.3) is 0 Å². The normalized spacial score (nSPS) is 40.4. The van der Waals surface area contributed by atoms with Gasteiger partial charge in [-0.15, -0.1) is 0 Å². The van der Waals surface area contributed by atoms with Crippen molar-refractivity contribution in [1.29, 1.82) is 0 Å². The van der Waals surface area contributed by atoms with Gasteiger partial charge in [-0.2, -0.15) is 0 Å². The highest BCUT2D eigenvalue weighted by Crippen LogP contribution is 2.58. The summed E-state index contributed by atoms with van der Waals surface area (Å²) < 4.78 is 0. The number of carboxylic acids is 1. The van der Waals surface area contributed by atoms with Crippen LogP contribution in [0.25, 0.3) is 0 Å². The van der Waals surface area contributed by atoms with Gasteiger partial charge in [0.2, 0.25) is 11.8 Å². The molecule has 1 aliphatic carbocycles. The van der Waals surface area contributed by atoms with E-state index >= 15 is 0 Å². The van der Waals surface area contributed by atoms with Gasteiger partial charge in [0, 0.05) is 17.9 Å². The molecule has 2 rings (SSSR count). The van der Waals surface area contributed by atoms with Gasteiger partial charge in [0.05, 0.1) is 5.41 Å². The molecule has 2 aliphatic rings. The van der Waals surface area contributed by atoms with E-state index in [9.17, 15) is 19.5 Å². The van der Waals surface area contributed by atoms with Crippen molar-refractivity contribution in [3.8, 4) is 0 Å². The molecule has 1 aliphatic heterocycles. The monoisotopic (exact) mass is 295 g/mol. The third-order valence-electron chi connectivity index (χ3n) is 5.03. The minimum atomic E-state index is -0.954. The van der Waals surface area contributed by atoms with Crippen LogP contribution in [-0.4, -0.2) is 33.8 Å². The molecule has 0 spiro atoms. The lowest BCUT2D eigenvalue weighted by Gasteiger charge is -2.48. The zero-order valence-electron chi connectivity index (χ0n) is 13.5. The first-order chi connectivity index (χ1) is 9.42. The molecule has 0 aromatic rings. The summed E-state index contributed by atoms with van der Waals surface area (Å²) in [6.45, 7) is 9.12. The number of carbonyl (C=O) groups excluding carboxylic acids is 2. The van der Waals surface area contributed by atoms with Crippen LogP contribution in [-0.2, 0) is 14.4 Å². The Hall–Kier alpha value is -1.39. The van der Waals surface area contributed by atoms with Gasteiger partial charge in [-0.25, -0.2) is 0 Å². The number of carbonyl (C=O) groups is 3. The Labute approximate surface area is 125 Å². The van der Waals surface area contributed by atoms with Gasteiger partial charge in [-0.3, -0.25) is 19.3 Å². The highest BCUT2D eigenvalue weighted by atomic mass is 16.4. The zero-order chi connectivity index (χ0) is 16.2. The SMILES string of the molecule is CC(C)N1C(=O)CC2(C)CC(C)(C(=O)O)CC(C)(C2)C1=O. The van der Waals surface area contributed by atoms with Crippen molar-refractivity contribution in [3.05, 3.63) is 0 Å². The fraction of sp³-hybridized carbons (Fsp3) is 0.812. The number of nitrogens with zero attached hydrogens (tertiary/aromatic N) is 1. The molecule has 5 heteroatoms. The zero-order valence-corrected chi connectivity index (χ0v) is 13.5. The minimum Gasteiger partial charge on any atom is -0.481 e. The van der Waals surface area contributed by atoms with Crippen LogP contribution in [0.5, 0.6) is 0 Å². The molecule has 0 aromatic heterocycles. The van der Waals surface area contributed by atoms with Gasteiger partial charge in [0.1, 0.15) is 0 Å². The van der Waals surface area contributed by atoms with E-state index in [0.29, 0.717) is 19.3 Å². The van der Waals surface area contributed by atoms with Crippen LogP contribution in [0.3, 0.4) is 0 Å².